The first-order valence-corrected chi connectivity index (χ1v) is 10.8. The van der Waals surface area contributed by atoms with Gasteiger partial charge in [0, 0.05) is 13.1 Å². The number of nitrogens with zero attached hydrogens (tertiary/aromatic N) is 1. The van der Waals surface area contributed by atoms with Gasteiger partial charge in [-0.3, -0.25) is 4.90 Å². The molecule has 2 aromatic rings. The average Bonchev–Trinajstić information content (AvgIpc) is 2.39. The van der Waals surface area contributed by atoms with E-state index in [9.17, 15) is 0 Å². The van der Waals surface area contributed by atoms with Crippen molar-refractivity contribution < 1.29 is 0 Å². The summed E-state index contributed by atoms with van der Waals surface area (Å²) in [5.74, 6) is 0. The van der Waals surface area contributed by atoms with Gasteiger partial charge in [0.25, 0.3) is 0 Å². The predicted molar refractivity (Wildman–Crippen MR) is 91.0 cm³/mol. The maximum atomic E-state index is 2.39. The van der Waals surface area contributed by atoms with Crippen LogP contribution in [0.3, 0.4) is 0 Å². The average molecular weight is 283 g/mol. The Hall–Kier alpha value is -1.38. The minimum atomic E-state index is -1.17. The molecule has 0 aliphatic heterocycles. The Labute approximate surface area is 124 Å². The van der Waals surface area contributed by atoms with Gasteiger partial charge in [0.05, 0.1) is 8.07 Å². The van der Waals surface area contributed by atoms with E-state index >= 15 is 0 Å². The van der Waals surface area contributed by atoms with Crippen molar-refractivity contribution in [2.75, 3.05) is 7.05 Å². The Balaban J connectivity index is 1.96. The molecule has 106 valence electrons. The fourth-order valence-electron chi connectivity index (χ4n) is 2.37. The first-order chi connectivity index (χ1) is 9.45. The lowest BCUT2D eigenvalue weighted by molar-refractivity contribution is 0.319. The third-order valence-electron chi connectivity index (χ3n) is 3.57. The second kappa shape index (κ2) is 6.38. The van der Waals surface area contributed by atoms with Crippen LogP contribution in [0.15, 0.2) is 54.6 Å². The molecule has 2 heteroatoms. The molecule has 2 rings (SSSR count). The van der Waals surface area contributed by atoms with Crippen molar-refractivity contribution >= 4 is 13.3 Å². The third kappa shape index (κ3) is 4.32. The highest BCUT2D eigenvalue weighted by Gasteiger charge is 2.15. The van der Waals surface area contributed by atoms with Crippen molar-refractivity contribution in [1.82, 2.24) is 4.90 Å². The van der Waals surface area contributed by atoms with Gasteiger partial charge in [0.1, 0.15) is 0 Å². The lowest BCUT2D eigenvalue weighted by Gasteiger charge is -2.19. The van der Waals surface area contributed by atoms with Crippen LogP contribution in [0.4, 0.5) is 0 Å². The van der Waals surface area contributed by atoms with Gasteiger partial charge in [0.2, 0.25) is 0 Å². The Morgan fingerprint density at radius 2 is 1.25 bits per heavy atom. The van der Waals surface area contributed by atoms with Crippen LogP contribution < -0.4 is 5.19 Å². The van der Waals surface area contributed by atoms with Gasteiger partial charge in [-0.2, -0.15) is 0 Å². The molecule has 0 fully saturated rings. The van der Waals surface area contributed by atoms with E-state index in [0.29, 0.717) is 0 Å². The molecule has 0 heterocycles. The van der Waals surface area contributed by atoms with Gasteiger partial charge in [-0.15, -0.1) is 0 Å². The Kier molecular flexibility index (Phi) is 4.79. The van der Waals surface area contributed by atoms with Gasteiger partial charge in [-0.05, 0) is 18.2 Å². The highest BCUT2D eigenvalue weighted by Crippen LogP contribution is 2.09. The van der Waals surface area contributed by atoms with Gasteiger partial charge < -0.3 is 0 Å². The topological polar surface area (TPSA) is 3.24 Å². The third-order valence-corrected chi connectivity index (χ3v) is 5.63. The van der Waals surface area contributed by atoms with E-state index in [2.05, 4.69) is 86.2 Å². The van der Waals surface area contributed by atoms with E-state index in [1.807, 2.05) is 0 Å². The van der Waals surface area contributed by atoms with Crippen molar-refractivity contribution in [3.05, 3.63) is 65.7 Å². The highest BCUT2D eigenvalue weighted by molar-refractivity contribution is 6.88. The maximum Gasteiger partial charge on any atom is 0.0775 e. The molecule has 0 aromatic heterocycles. The molecule has 0 amide bonds. The standard InChI is InChI=1S/C18H25NSi/c1-19(14-16-8-6-5-7-9-16)15-17-10-12-18(13-11-17)20(2,3)4/h5-13H,14-15H2,1-4H3. The summed E-state index contributed by atoms with van der Waals surface area (Å²) in [6, 6.07) is 19.9. The van der Waals surface area contributed by atoms with Crippen LogP contribution in [0.2, 0.25) is 19.6 Å². The molecular weight excluding hydrogens is 258 g/mol. The molecule has 2 aromatic carbocycles. The number of rotatable bonds is 5. The van der Waals surface area contributed by atoms with Crippen molar-refractivity contribution in [2.45, 2.75) is 32.7 Å². The summed E-state index contributed by atoms with van der Waals surface area (Å²) in [5, 5.41) is 1.53. The van der Waals surface area contributed by atoms with Crippen molar-refractivity contribution in [1.29, 1.82) is 0 Å². The van der Waals surface area contributed by atoms with Gasteiger partial charge in [-0.1, -0.05) is 79.4 Å². The second-order valence-corrected chi connectivity index (χ2v) is 11.7. The quantitative estimate of drug-likeness (QED) is 0.753. The number of hydrogen-bond acceptors (Lipinski definition) is 1. The molecular formula is C18H25NSi. The number of benzene rings is 2. The predicted octanol–water partition coefficient (Wildman–Crippen LogP) is 3.86. The van der Waals surface area contributed by atoms with Gasteiger partial charge >= 0.3 is 0 Å². The minimum Gasteiger partial charge on any atom is -0.298 e. The van der Waals surface area contributed by atoms with Crippen LogP contribution in [0.5, 0.6) is 0 Å². The fourth-order valence-corrected chi connectivity index (χ4v) is 3.54. The Bertz CT molecular complexity index is 526. The molecule has 0 aliphatic rings. The fraction of sp³-hybridized carbons (Fsp3) is 0.333. The molecule has 0 saturated carbocycles. The first-order valence-electron chi connectivity index (χ1n) is 7.27. The first kappa shape index (κ1) is 15.0. The molecule has 20 heavy (non-hydrogen) atoms. The van der Waals surface area contributed by atoms with Crippen LogP contribution in [-0.2, 0) is 13.1 Å². The summed E-state index contributed by atoms with van der Waals surface area (Å²) in [6.07, 6.45) is 0. The molecule has 0 aliphatic carbocycles. The van der Waals surface area contributed by atoms with E-state index in [0.717, 1.165) is 13.1 Å². The van der Waals surface area contributed by atoms with Crippen molar-refractivity contribution in [3.63, 3.8) is 0 Å². The van der Waals surface area contributed by atoms with Crippen molar-refractivity contribution in [3.8, 4) is 0 Å². The zero-order chi connectivity index (χ0) is 14.6. The number of hydrogen-bond donors (Lipinski definition) is 0. The van der Waals surface area contributed by atoms with Crippen LogP contribution in [-0.4, -0.2) is 20.0 Å². The summed E-state index contributed by atoms with van der Waals surface area (Å²) in [4.78, 5) is 2.36. The Morgan fingerprint density at radius 3 is 1.75 bits per heavy atom. The monoisotopic (exact) mass is 283 g/mol. The maximum absolute atomic E-state index is 2.39. The molecule has 0 bridgehead atoms. The van der Waals surface area contributed by atoms with E-state index < -0.39 is 8.07 Å². The summed E-state index contributed by atoms with van der Waals surface area (Å²) in [6.45, 7) is 9.17. The lowest BCUT2D eigenvalue weighted by atomic mass is 10.2. The molecule has 1 nitrogen and oxygen atoms in total. The van der Waals surface area contributed by atoms with E-state index in [1.165, 1.54) is 16.3 Å². The van der Waals surface area contributed by atoms with Crippen LogP contribution in [0.1, 0.15) is 11.1 Å². The van der Waals surface area contributed by atoms with Gasteiger partial charge in [-0.25, -0.2) is 0 Å². The van der Waals surface area contributed by atoms with Crippen LogP contribution in [0, 0.1) is 0 Å². The molecule has 0 spiro atoms. The molecule has 0 atom stereocenters. The molecule has 0 unspecified atom stereocenters. The summed E-state index contributed by atoms with van der Waals surface area (Å²) in [5.41, 5.74) is 2.76. The molecule has 0 radical (unpaired) electrons. The minimum absolute atomic E-state index is 0.997. The van der Waals surface area contributed by atoms with Crippen LogP contribution in [0.25, 0.3) is 0 Å². The van der Waals surface area contributed by atoms with E-state index in [4.69, 9.17) is 0 Å². The summed E-state index contributed by atoms with van der Waals surface area (Å²) in [7, 11) is 1.01. The van der Waals surface area contributed by atoms with Crippen molar-refractivity contribution in [2.24, 2.45) is 0 Å². The zero-order valence-corrected chi connectivity index (χ0v) is 14.1. The van der Waals surface area contributed by atoms with Gasteiger partial charge in [0.15, 0.2) is 0 Å². The molecule has 0 saturated heterocycles. The smallest absolute Gasteiger partial charge is 0.0775 e. The largest absolute Gasteiger partial charge is 0.298 e. The SMILES string of the molecule is CN(Cc1ccccc1)Cc1ccc([Si](C)(C)C)cc1. The van der Waals surface area contributed by atoms with Crippen LogP contribution >= 0.6 is 0 Å². The van der Waals surface area contributed by atoms with E-state index in [-0.39, 0.29) is 0 Å². The summed E-state index contributed by atoms with van der Waals surface area (Å²) >= 11 is 0. The normalized spacial score (nSPS) is 11.8. The zero-order valence-electron chi connectivity index (χ0n) is 13.1. The highest BCUT2D eigenvalue weighted by atomic mass is 28.3. The lowest BCUT2D eigenvalue weighted by Crippen LogP contribution is -2.37. The van der Waals surface area contributed by atoms with E-state index in [1.54, 1.807) is 0 Å². The molecule has 0 N–H and O–H groups in total. The second-order valence-electron chi connectivity index (χ2n) is 6.60. The Morgan fingerprint density at radius 1 is 0.750 bits per heavy atom. The summed E-state index contributed by atoms with van der Waals surface area (Å²) < 4.78 is 0.